The molecule has 0 radical (unpaired) electrons. The summed E-state index contributed by atoms with van der Waals surface area (Å²) in [5, 5.41) is 14.6. The second kappa shape index (κ2) is 4.52. The molecule has 2 fully saturated rings. The van der Waals surface area contributed by atoms with Crippen molar-refractivity contribution in [1.29, 1.82) is 0 Å². The highest BCUT2D eigenvalue weighted by molar-refractivity contribution is 7.92. The van der Waals surface area contributed by atoms with E-state index < -0.39 is 25.9 Å². The third kappa shape index (κ3) is 1.99. The Balaban J connectivity index is 1.77. The van der Waals surface area contributed by atoms with Crippen LogP contribution in [0.5, 0.6) is 0 Å². The molecule has 2 atom stereocenters. The third-order valence-corrected chi connectivity index (χ3v) is 7.75. The lowest BCUT2D eigenvalue weighted by Gasteiger charge is -2.43. The number of aryl methyl sites for hydroxylation is 1. The van der Waals surface area contributed by atoms with E-state index in [4.69, 9.17) is 0 Å². The molecule has 0 aliphatic carbocycles. The van der Waals surface area contributed by atoms with Gasteiger partial charge in [0, 0.05) is 24.0 Å². The van der Waals surface area contributed by atoms with Gasteiger partial charge in [-0.15, -0.1) is 0 Å². The van der Waals surface area contributed by atoms with Crippen LogP contribution in [-0.2, 0) is 15.4 Å². The van der Waals surface area contributed by atoms with Crippen LogP contribution >= 0.6 is 0 Å². The molecule has 2 aliphatic rings. The van der Waals surface area contributed by atoms with Crippen LogP contribution in [0, 0.1) is 6.92 Å². The van der Waals surface area contributed by atoms with E-state index in [9.17, 15) is 13.5 Å². The zero-order valence-electron chi connectivity index (χ0n) is 12.4. The molecule has 1 N–H and O–H groups in total. The molecule has 22 heavy (non-hydrogen) atoms. The van der Waals surface area contributed by atoms with Gasteiger partial charge >= 0.3 is 0 Å². The molecular formula is C15H19N3O3S. The zero-order chi connectivity index (χ0) is 15.5. The number of rotatable bonds is 1. The van der Waals surface area contributed by atoms with Crippen LogP contribution < -0.4 is 0 Å². The molecule has 7 heteroatoms. The minimum absolute atomic E-state index is 0.263. The van der Waals surface area contributed by atoms with Gasteiger partial charge in [-0.05, 0) is 32.6 Å². The van der Waals surface area contributed by atoms with Gasteiger partial charge in [-0.1, -0.05) is 6.42 Å². The van der Waals surface area contributed by atoms with Gasteiger partial charge in [0.1, 0.15) is 0 Å². The Hall–Kier alpha value is -1.47. The van der Waals surface area contributed by atoms with Gasteiger partial charge < -0.3 is 5.11 Å². The van der Waals surface area contributed by atoms with Gasteiger partial charge in [-0.3, -0.25) is 0 Å². The van der Waals surface area contributed by atoms with Gasteiger partial charge in [-0.25, -0.2) is 17.9 Å². The monoisotopic (exact) mass is 321 g/mol. The Morgan fingerprint density at radius 1 is 1.32 bits per heavy atom. The summed E-state index contributed by atoms with van der Waals surface area (Å²) in [6, 6.07) is 1.87. The highest BCUT2D eigenvalue weighted by Crippen LogP contribution is 2.45. The number of sulfone groups is 1. The van der Waals surface area contributed by atoms with E-state index in [1.807, 2.05) is 13.0 Å². The fourth-order valence-electron chi connectivity index (χ4n) is 3.92. The molecule has 118 valence electrons. The molecule has 4 heterocycles. The Morgan fingerprint density at radius 2 is 2.00 bits per heavy atom. The molecule has 2 saturated heterocycles. The number of aliphatic hydroxyl groups is 1. The van der Waals surface area contributed by atoms with E-state index >= 15 is 0 Å². The summed E-state index contributed by atoms with van der Waals surface area (Å²) in [4.78, 5) is 4.34. The molecule has 0 amide bonds. The SMILES string of the molecule is Cc1cc2ncc(C3(O)CC4CCCC(C3)S4(=O)=O)cn2n1. The standard InChI is InChI=1S/C15H19N3O3S/c1-10-5-14-16-8-11(9-18(14)17-10)15(19)6-12-3-2-4-13(7-15)22(12,20)21/h5,8-9,12-13,19H,2-4,6-7H2,1H3. The second-order valence-electron chi connectivity index (χ2n) is 6.63. The van der Waals surface area contributed by atoms with Gasteiger partial charge in [0.15, 0.2) is 15.5 Å². The van der Waals surface area contributed by atoms with Gasteiger partial charge in [0.05, 0.1) is 21.8 Å². The molecule has 2 bridgehead atoms. The first kappa shape index (κ1) is 14.1. The fraction of sp³-hybridized carbons (Fsp3) is 0.600. The van der Waals surface area contributed by atoms with Crippen molar-refractivity contribution in [2.45, 2.75) is 55.1 Å². The largest absolute Gasteiger partial charge is 0.385 e. The van der Waals surface area contributed by atoms with E-state index in [1.165, 1.54) is 0 Å². The number of fused-ring (bicyclic) bond motifs is 3. The third-order valence-electron chi connectivity index (χ3n) is 5.08. The van der Waals surface area contributed by atoms with E-state index in [0.717, 1.165) is 17.8 Å². The van der Waals surface area contributed by atoms with Crippen LogP contribution in [0.1, 0.15) is 43.4 Å². The fourth-order valence-corrected chi connectivity index (χ4v) is 6.47. The number of hydrogen-bond acceptors (Lipinski definition) is 5. The molecule has 0 saturated carbocycles. The molecule has 2 aromatic rings. The summed E-state index contributed by atoms with van der Waals surface area (Å²) in [5.74, 6) is 0. The van der Waals surface area contributed by atoms with Crippen molar-refractivity contribution in [2.24, 2.45) is 0 Å². The molecule has 0 aromatic carbocycles. The summed E-state index contributed by atoms with van der Waals surface area (Å²) in [7, 11) is -3.09. The Labute approximate surface area is 129 Å². The van der Waals surface area contributed by atoms with Crippen LogP contribution in [0.4, 0.5) is 0 Å². The lowest BCUT2D eigenvalue weighted by Crippen LogP contribution is -2.50. The number of hydrogen-bond donors (Lipinski definition) is 1. The minimum atomic E-state index is -3.09. The van der Waals surface area contributed by atoms with Crippen molar-refractivity contribution in [3.05, 3.63) is 29.7 Å². The van der Waals surface area contributed by atoms with Crippen LogP contribution in [-0.4, -0.2) is 38.6 Å². The Kier molecular flexibility index (Phi) is 2.90. The predicted octanol–water partition coefficient (Wildman–Crippen LogP) is 1.36. The van der Waals surface area contributed by atoms with Crippen molar-refractivity contribution in [2.75, 3.05) is 0 Å². The average Bonchev–Trinajstić information content (AvgIpc) is 2.79. The van der Waals surface area contributed by atoms with Gasteiger partial charge in [0.2, 0.25) is 0 Å². The highest BCUT2D eigenvalue weighted by Gasteiger charge is 2.51. The maximum atomic E-state index is 12.4. The topological polar surface area (TPSA) is 84.6 Å². The Morgan fingerprint density at radius 3 is 2.68 bits per heavy atom. The summed E-state index contributed by atoms with van der Waals surface area (Å²) in [6.07, 6.45) is 6.20. The first-order valence-electron chi connectivity index (χ1n) is 7.66. The molecule has 6 nitrogen and oxygen atoms in total. The van der Waals surface area contributed by atoms with Crippen LogP contribution in [0.2, 0.25) is 0 Å². The molecular weight excluding hydrogens is 302 g/mol. The summed E-state index contributed by atoms with van der Waals surface area (Å²) in [6.45, 7) is 1.89. The van der Waals surface area contributed by atoms with Crippen LogP contribution in [0.15, 0.2) is 18.5 Å². The van der Waals surface area contributed by atoms with Gasteiger partial charge in [-0.2, -0.15) is 5.10 Å². The first-order chi connectivity index (χ1) is 10.4. The van der Waals surface area contributed by atoms with Crippen molar-refractivity contribution >= 4 is 15.5 Å². The maximum Gasteiger partial charge on any atom is 0.156 e. The average molecular weight is 321 g/mol. The lowest BCUT2D eigenvalue weighted by atomic mass is 9.81. The predicted molar refractivity (Wildman–Crippen MR) is 81.2 cm³/mol. The minimum Gasteiger partial charge on any atom is -0.385 e. The Bertz CT molecular complexity index is 823. The molecule has 0 spiro atoms. The van der Waals surface area contributed by atoms with E-state index in [2.05, 4.69) is 10.1 Å². The maximum absolute atomic E-state index is 12.4. The summed E-state index contributed by atoms with van der Waals surface area (Å²) >= 11 is 0. The smallest absolute Gasteiger partial charge is 0.156 e. The van der Waals surface area contributed by atoms with Crippen molar-refractivity contribution in [3.63, 3.8) is 0 Å². The van der Waals surface area contributed by atoms with Crippen molar-refractivity contribution in [1.82, 2.24) is 14.6 Å². The van der Waals surface area contributed by atoms with Crippen molar-refractivity contribution in [3.8, 4) is 0 Å². The zero-order valence-corrected chi connectivity index (χ0v) is 13.3. The molecule has 2 aromatic heterocycles. The number of nitrogens with zero attached hydrogens (tertiary/aromatic N) is 3. The first-order valence-corrected chi connectivity index (χ1v) is 9.27. The van der Waals surface area contributed by atoms with Crippen LogP contribution in [0.3, 0.4) is 0 Å². The molecule has 4 rings (SSSR count). The molecule has 2 unspecified atom stereocenters. The van der Waals surface area contributed by atoms with E-state index in [1.54, 1.807) is 16.9 Å². The van der Waals surface area contributed by atoms with E-state index in [-0.39, 0.29) is 12.8 Å². The quantitative estimate of drug-likeness (QED) is 0.857. The number of aromatic nitrogens is 3. The normalized spacial score (nSPS) is 33.9. The van der Waals surface area contributed by atoms with E-state index in [0.29, 0.717) is 18.4 Å². The van der Waals surface area contributed by atoms with Gasteiger partial charge in [0.25, 0.3) is 0 Å². The second-order valence-corrected chi connectivity index (χ2v) is 9.15. The molecule has 2 aliphatic heterocycles. The summed E-state index contributed by atoms with van der Waals surface area (Å²) < 4.78 is 26.4. The van der Waals surface area contributed by atoms with Crippen molar-refractivity contribution < 1.29 is 13.5 Å². The van der Waals surface area contributed by atoms with Crippen LogP contribution in [0.25, 0.3) is 5.65 Å². The summed E-state index contributed by atoms with van der Waals surface area (Å²) in [5.41, 5.74) is 1.13. The highest BCUT2D eigenvalue weighted by atomic mass is 32.2. The lowest BCUT2D eigenvalue weighted by molar-refractivity contribution is 0.00427.